The molecular formula is C16H27IN4O. The van der Waals surface area contributed by atoms with Gasteiger partial charge >= 0.3 is 0 Å². The van der Waals surface area contributed by atoms with Gasteiger partial charge in [-0.2, -0.15) is 0 Å². The third-order valence-corrected chi connectivity index (χ3v) is 3.89. The summed E-state index contributed by atoms with van der Waals surface area (Å²) < 4.78 is 5.16. The molecule has 0 spiro atoms. The summed E-state index contributed by atoms with van der Waals surface area (Å²) in [6, 6.07) is 8.07. The fraction of sp³-hybridized carbons (Fsp3) is 0.562. The molecule has 1 heterocycles. The van der Waals surface area contributed by atoms with E-state index in [1.54, 1.807) is 7.11 Å². The largest absolute Gasteiger partial charge is 0.497 e. The molecule has 6 heteroatoms. The Labute approximate surface area is 150 Å². The van der Waals surface area contributed by atoms with Gasteiger partial charge in [0.2, 0.25) is 0 Å². The summed E-state index contributed by atoms with van der Waals surface area (Å²) >= 11 is 0. The van der Waals surface area contributed by atoms with Crippen LogP contribution in [0, 0.1) is 5.92 Å². The monoisotopic (exact) mass is 418 g/mol. The molecule has 1 fully saturated rings. The van der Waals surface area contributed by atoms with Crippen LogP contribution in [0.4, 0.5) is 0 Å². The lowest BCUT2D eigenvalue weighted by Crippen LogP contribution is -2.39. The van der Waals surface area contributed by atoms with Crippen molar-refractivity contribution in [1.29, 1.82) is 0 Å². The van der Waals surface area contributed by atoms with Crippen molar-refractivity contribution in [1.82, 2.24) is 15.5 Å². The van der Waals surface area contributed by atoms with Crippen LogP contribution in [0.3, 0.4) is 0 Å². The summed E-state index contributed by atoms with van der Waals surface area (Å²) in [4.78, 5) is 6.65. The van der Waals surface area contributed by atoms with Crippen LogP contribution in [0.5, 0.6) is 5.75 Å². The minimum absolute atomic E-state index is 0. The quantitative estimate of drug-likeness (QED) is 0.436. The van der Waals surface area contributed by atoms with Crippen molar-refractivity contribution in [2.75, 3.05) is 40.8 Å². The van der Waals surface area contributed by atoms with Gasteiger partial charge < -0.3 is 20.3 Å². The fourth-order valence-electron chi connectivity index (χ4n) is 2.58. The number of guanidine groups is 1. The molecule has 5 nitrogen and oxygen atoms in total. The Morgan fingerprint density at radius 1 is 1.32 bits per heavy atom. The van der Waals surface area contributed by atoms with Crippen molar-refractivity contribution in [2.24, 2.45) is 10.9 Å². The zero-order chi connectivity index (χ0) is 15.1. The molecule has 1 aromatic rings. The van der Waals surface area contributed by atoms with Crippen LogP contribution in [0.25, 0.3) is 0 Å². The number of nitrogens with one attached hydrogen (secondary N) is 2. The molecule has 1 aromatic carbocycles. The van der Waals surface area contributed by atoms with E-state index in [1.807, 2.05) is 19.2 Å². The highest BCUT2D eigenvalue weighted by molar-refractivity contribution is 14.0. The molecular weight excluding hydrogens is 391 g/mol. The lowest BCUT2D eigenvalue weighted by atomic mass is 10.1. The number of hydrogen-bond donors (Lipinski definition) is 2. The Balaban J connectivity index is 0.00000242. The molecule has 2 N–H and O–H groups in total. The van der Waals surface area contributed by atoms with Gasteiger partial charge in [0, 0.05) is 26.7 Å². The summed E-state index contributed by atoms with van der Waals surface area (Å²) in [7, 11) is 5.67. The van der Waals surface area contributed by atoms with Gasteiger partial charge in [-0.25, -0.2) is 0 Å². The van der Waals surface area contributed by atoms with Crippen molar-refractivity contribution >= 4 is 29.9 Å². The molecule has 2 rings (SSSR count). The average molecular weight is 418 g/mol. The molecule has 22 heavy (non-hydrogen) atoms. The maximum absolute atomic E-state index is 5.16. The maximum atomic E-state index is 5.16. The lowest BCUT2D eigenvalue weighted by molar-refractivity contribution is 0.394. The highest BCUT2D eigenvalue weighted by Gasteiger charge is 2.19. The van der Waals surface area contributed by atoms with Crippen molar-refractivity contribution in [3.63, 3.8) is 0 Å². The molecule has 1 saturated heterocycles. The van der Waals surface area contributed by atoms with Gasteiger partial charge in [0.1, 0.15) is 5.75 Å². The Kier molecular flexibility index (Phi) is 8.55. The van der Waals surface area contributed by atoms with E-state index in [0.717, 1.165) is 30.7 Å². The van der Waals surface area contributed by atoms with Crippen LogP contribution in [0.2, 0.25) is 0 Å². The second kappa shape index (κ2) is 9.89. The molecule has 0 aromatic heterocycles. The molecule has 0 radical (unpaired) electrons. The van der Waals surface area contributed by atoms with E-state index in [9.17, 15) is 0 Å². The number of rotatable bonds is 5. The van der Waals surface area contributed by atoms with Crippen LogP contribution >= 0.6 is 24.0 Å². The van der Waals surface area contributed by atoms with Crippen LogP contribution in [0.15, 0.2) is 29.3 Å². The van der Waals surface area contributed by atoms with E-state index in [0.29, 0.717) is 0 Å². The first kappa shape index (κ1) is 19.0. The molecule has 124 valence electrons. The van der Waals surface area contributed by atoms with Crippen LogP contribution < -0.4 is 15.4 Å². The van der Waals surface area contributed by atoms with Gasteiger partial charge in [0.25, 0.3) is 0 Å². The Bertz CT molecular complexity index is 464. The second-order valence-electron chi connectivity index (χ2n) is 5.57. The van der Waals surface area contributed by atoms with Gasteiger partial charge in [-0.3, -0.25) is 4.99 Å². The minimum atomic E-state index is 0. The predicted molar refractivity (Wildman–Crippen MR) is 102 cm³/mol. The van der Waals surface area contributed by atoms with Crippen LogP contribution in [-0.4, -0.2) is 51.7 Å². The number of methoxy groups -OCH3 is 1. The summed E-state index contributed by atoms with van der Waals surface area (Å²) in [5.41, 5.74) is 1.21. The van der Waals surface area contributed by atoms with Crippen molar-refractivity contribution in [2.45, 2.75) is 13.0 Å². The first-order chi connectivity index (χ1) is 10.2. The highest BCUT2D eigenvalue weighted by atomic mass is 127. The van der Waals surface area contributed by atoms with Gasteiger partial charge in [-0.05, 0) is 43.6 Å². The number of halogens is 1. The van der Waals surface area contributed by atoms with Gasteiger partial charge in [-0.15, -0.1) is 24.0 Å². The summed E-state index contributed by atoms with van der Waals surface area (Å²) in [6.07, 6.45) is 1.26. The van der Waals surface area contributed by atoms with E-state index in [4.69, 9.17) is 4.74 Å². The molecule has 1 aliphatic heterocycles. The molecule has 0 amide bonds. The highest BCUT2D eigenvalue weighted by Crippen LogP contribution is 2.13. The Morgan fingerprint density at radius 2 is 2.05 bits per heavy atom. The number of likely N-dealkylation sites (tertiary alicyclic amines) is 1. The maximum Gasteiger partial charge on any atom is 0.191 e. The number of aliphatic imine (C=N–C) groups is 1. The number of nitrogens with zero attached hydrogens (tertiary/aromatic N) is 2. The smallest absolute Gasteiger partial charge is 0.191 e. The Hall–Kier alpha value is -1.02. The molecule has 1 atom stereocenters. The van der Waals surface area contributed by atoms with E-state index in [1.165, 1.54) is 25.1 Å². The number of ether oxygens (including phenoxy) is 1. The first-order valence-corrected chi connectivity index (χ1v) is 7.47. The Morgan fingerprint density at radius 3 is 2.59 bits per heavy atom. The second-order valence-corrected chi connectivity index (χ2v) is 5.57. The lowest BCUT2D eigenvalue weighted by Gasteiger charge is -2.15. The van der Waals surface area contributed by atoms with Crippen molar-refractivity contribution < 1.29 is 4.74 Å². The third kappa shape index (κ3) is 6.00. The number of benzene rings is 1. The standard InChI is InChI=1S/C16H26N4O.HI/c1-17-16(19-11-14-8-9-20(2)12-14)18-10-13-4-6-15(21-3)7-5-13;/h4-7,14H,8-12H2,1-3H3,(H2,17,18,19);1H. The van der Waals surface area contributed by atoms with Crippen LogP contribution in [-0.2, 0) is 6.54 Å². The normalized spacial score (nSPS) is 18.7. The third-order valence-electron chi connectivity index (χ3n) is 3.89. The SMILES string of the molecule is CN=C(NCc1ccc(OC)cc1)NCC1CCN(C)C1.I. The van der Waals surface area contributed by atoms with Crippen LogP contribution in [0.1, 0.15) is 12.0 Å². The first-order valence-electron chi connectivity index (χ1n) is 7.47. The van der Waals surface area contributed by atoms with E-state index in [2.05, 4.69) is 39.7 Å². The summed E-state index contributed by atoms with van der Waals surface area (Å²) in [5, 5.41) is 6.76. The number of hydrogen-bond acceptors (Lipinski definition) is 3. The van der Waals surface area contributed by atoms with Gasteiger partial charge in [0.15, 0.2) is 5.96 Å². The van der Waals surface area contributed by atoms with Gasteiger partial charge in [0.05, 0.1) is 7.11 Å². The van der Waals surface area contributed by atoms with Gasteiger partial charge in [-0.1, -0.05) is 12.1 Å². The summed E-state index contributed by atoms with van der Waals surface area (Å²) in [6.45, 7) is 4.10. The van der Waals surface area contributed by atoms with Crippen molar-refractivity contribution in [3.8, 4) is 5.75 Å². The topological polar surface area (TPSA) is 48.9 Å². The van der Waals surface area contributed by atoms with Crippen molar-refractivity contribution in [3.05, 3.63) is 29.8 Å². The molecule has 0 saturated carbocycles. The summed E-state index contributed by atoms with van der Waals surface area (Å²) in [5.74, 6) is 2.46. The molecule has 1 aliphatic rings. The molecule has 0 bridgehead atoms. The zero-order valence-corrected chi connectivity index (χ0v) is 16.0. The molecule has 1 unspecified atom stereocenters. The van der Waals surface area contributed by atoms with E-state index < -0.39 is 0 Å². The predicted octanol–water partition coefficient (Wildman–Crippen LogP) is 1.93. The molecule has 0 aliphatic carbocycles. The minimum Gasteiger partial charge on any atom is -0.497 e. The average Bonchev–Trinajstić information content (AvgIpc) is 2.93. The van der Waals surface area contributed by atoms with E-state index in [-0.39, 0.29) is 24.0 Å². The fourth-order valence-corrected chi connectivity index (χ4v) is 2.58. The van der Waals surface area contributed by atoms with E-state index >= 15 is 0 Å². The zero-order valence-electron chi connectivity index (χ0n) is 13.6.